The highest BCUT2D eigenvalue weighted by Gasteiger charge is 2.28. The molecule has 25 heavy (non-hydrogen) atoms. The number of amides is 3. The van der Waals surface area contributed by atoms with Crippen LogP contribution in [0.15, 0.2) is 47.1 Å². The van der Waals surface area contributed by atoms with Gasteiger partial charge in [0.05, 0.1) is 12.8 Å². The summed E-state index contributed by atoms with van der Waals surface area (Å²) in [6, 6.07) is 10.7. The van der Waals surface area contributed by atoms with E-state index in [1.54, 1.807) is 18.4 Å². The van der Waals surface area contributed by atoms with Gasteiger partial charge in [0, 0.05) is 18.2 Å². The fourth-order valence-electron chi connectivity index (χ4n) is 3.27. The van der Waals surface area contributed by atoms with E-state index in [2.05, 4.69) is 5.32 Å². The summed E-state index contributed by atoms with van der Waals surface area (Å²) in [5.41, 5.74) is 6.61. The van der Waals surface area contributed by atoms with E-state index in [0.717, 1.165) is 37.0 Å². The monoisotopic (exact) mass is 341 g/mol. The molecule has 2 aromatic rings. The Hall–Kier alpha value is -2.76. The highest BCUT2D eigenvalue weighted by molar-refractivity contribution is 5.94. The van der Waals surface area contributed by atoms with E-state index in [1.165, 1.54) is 0 Å². The van der Waals surface area contributed by atoms with E-state index in [0.29, 0.717) is 18.7 Å². The topological polar surface area (TPSA) is 88.6 Å². The third kappa shape index (κ3) is 4.41. The number of rotatable bonds is 6. The van der Waals surface area contributed by atoms with Crippen LogP contribution < -0.4 is 11.1 Å². The van der Waals surface area contributed by atoms with Gasteiger partial charge in [-0.1, -0.05) is 25.0 Å². The van der Waals surface area contributed by atoms with Crippen molar-refractivity contribution in [2.45, 2.75) is 44.8 Å². The molecule has 0 radical (unpaired) electrons. The SMILES string of the molecule is NC(=O)NCc1ccc(C(=O)N(Cc2ccco2)C2CCCC2)cc1. The standard InChI is InChI=1S/C19H23N3O3/c20-19(24)21-12-14-7-9-15(10-8-14)18(23)22(16-4-1-2-5-16)13-17-6-3-11-25-17/h3,6-11,16H,1-2,4-5,12-13H2,(H3,20,21,24). The Morgan fingerprint density at radius 3 is 2.48 bits per heavy atom. The molecular weight excluding hydrogens is 318 g/mol. The first-order valence-corrected chi connectivity index (χ1v) is 8.59. The second kappa shape index (κ2) is 7.88. The molecule has 0 saturated heterocycles. The quantitative estimate of drug-likeness (QED) is 0.846. The van der Waals surface area contributed by atoms with Crippen LogP contribution in [0.5, 0.6) is 0 Å². The molecule has 3 N–H and O–H groups in total. The van der Waals surface area contributed by atoms with Crippen molar-refractivity contribution in [2.24, 2.45) is 5.73 Å². The average molecular weight is 341 g/mol. The predicted molar refractivity (Wildman–Crippen MR) is 93.7 cm³/mol. The van der Waals surface area contributed by atoms with E-state index in [4.69, 9.17) is 10.2 Å². The minimum atomic E-state index is -0.564. The molecule has 1 aliphatic rings. The summed E-state index contributed by atoms with van der Waals surface area (Å²) in [4.78, 5) is 25.7. The van der Waals surface area contributed by atoms with Gasteiger partial charge in [0.1, 0.15) is 5.76 Å². The highest BCUT2D eigenvalue weighted by atomic mass is 16.3. The number of carbonyl (C=O) groups excluding carboxylic acids is 2. The van der Waals surface area contributed by atoms with E-state index < -0.39 is 6.03 Å². The van der Waals surface area contributed by atoms with Crippen molar-refractivity contribution in [3.63, 3.8) is 0 Å². The zero-order valence-electron chi connectivity index (χ0n) is 14.1. The Morgan fingerprint density at radius 1 is 1.16 bits per heavy atom. The van der Waals surface area contributed by atoms with E-state index >= 15 is 0 Å². The first kappa shape index (κ1) is 17.1. The number of primary amides is 1. The Morgan fingerprint density at radius 2 is 1.88 bits per heavy atom. The molecule has 1 heterocycles. The molecule has 3 rings (SSSR count). The number of carbonyl (C=O) groups is 2. The van der Waals surface area contributed by atoms with Crippen LogP contribution in [0.3, 0.4) is 0 Å². The van der Waals surface area contributed by atoms with Crippen LogP contribution >= 0.6 is 0 Å². The van der Waals surface area contributed by atoms with Gasteiger partial charge in [-0.2, -0.15) is 0 Å². The summed E-state index contributed by atoms with van der Waals surface area (Å²) in [7, 11) is 0. The number of benzene rings is 1. The molecule has 0 bridgehead atoms. The molecule has 6 nitrogen and oxygen atoms in total. The first-order valence-electron chi connectivity index (χ1n) is 8.59. The number of hydrogen-bond acceptors (Lipinski definition) is 3. The van der Waals surface area contributed by atoms with Crippen LogP contribution in [-0.2, 0) is 13.1 Å². The molecule has 1 aromatic carbocycles. The van der Waals surface area contributed by atoms with Crippen molar-refractivity contribution in [2.75, 3.05) is 0 Å². The number of furan rings is 1. The predicted octanol–water partition coefficient (Wildman–Crippen LogP) is 3.03. The molecule has 6 heteroatoms. The van der Waals surface area contributed by atoms with Crippen molar-refractivity contribution in [3.8, 4) is 0 Å². The van der Waals surface area contributed by atoms with Crippen molar-refractivity contribution < 1.29 is 14.0 Å². The van der Waals surface area contributed by atoms with Gasteiger partial charge in [0.25, 0.3) is 5.91 Å². The van der Waals surface area contributed by atoms with Gasteiger partial charge < -0.3 is 20.4 Å². The lowest BCUT2D eigenvalue weighted by Gasteiger charge is -2.28. The summed E-state index contributed by atoms with van der Waals surface area (Å²) >= 11 is 0. The fraction of sp³-hybridized carbons (Fsp3) is 0.368. The van der Waals surface area contributed by atoms with Gasteiger partial charge in [0.15, 0.2) is 0 Å². The molecule has 1 aromatic heterocycles. The van der Waals surface area contributed by atoms with E-state index in [9.17, 15) is 9.59 Å². The van der Waals surface area contributed by atoms with Crippen LogP contribution in [0, 0.1) is 0 Å². The van der Waals surface area contributed by atoms with Crippen molar-refractivity contribution >= 4 is 11.9 Å². The van der Waals surface area contributed by atoms with Crippen LogP contribution in [0.2, 0.25) is 0 Å². The lowest BCUT2D eigenvalue weighted by atomic mass is 10.1. The summed E-state index contributed by atoms with van der Waals surface area (Å²) in [5.74, 6) is 0.806. The Bertz CT molecular complexity index is 704. The molecule has 0 aliphatic heterocycles. The number of nitrogens with zero attached hydrogens (tertiary/aromatic N) is 1. The molecule has 0 spiro atoms. The maximum atomic E-state index is 13.0. The minimum absolute atomic E-state index is 0.0118. The van der Waals surface area contributed by atoms with Gasteiger partial charge >= 0.3 is 6.03 Å². The molecule has 3 amide bonds. The van der Waals surface area contributed by atoms with Crippen LogP contribution in [0.4, 0.5) is 4.79 Å². The van der Waals surface area contributed by atoms with Gasteiger partial charge in [-0.15, -0.1) is 0 Å². The van der Waals surface area contributed by atoms with E-state index in [1.807, 2.05) is 29.2 Å². The zero-order chi connectivity index (χ0) is 17.6. The van der Waals surface area contributed by atoms with E-state index in [-0.39, 0.29) is 11.9 Å². The second-order valence-electron chi connectivity index (χ2n) is 6.37. The van der Waals surface area contributed by atoms with Gasteiger partial charge in [0.2, 0.25) is 0 Å². The van der Waals surface area contributed by atoms with Crippen molar-refractivity contribution in [1.82, 2.24) is 10.2 Å². The maximum Gasteiger partial charge on any atom is 0.312 e. The van der Waals surface area contributed by atoms with Crippen molar-refractivity contribution in [3.05, 3.63) is 59.5 Å². The molecule has 1 saturated carbocycles. The maximum absolute atomic E-state index is 13.0. The first-order chi connectivity index (χ1) is 12.1. The van der Waals surface area contributed by atoms with Gasteiger partial charge in [-0.25, -0.2) is 4.79 Å². The van der Waals surface area contributed by atoms with Crippen molar-refractivity contribution in [1.29, 1.82) is 0 Å². The second-order valence-corrected chi connectivity index (χ2v) is 6.37. The number of nitrogens with one attached hydrogen (secondary N) is 1. The lowest BCUT2D eigenvalue weighted by molar-refractivity contribution is 0.0649. The minimum Gasteiger partial charge on any atom is -0.467 e. The normalized spacial score (nSPS) is 14.4. The molecular formula is C19H23N3O3. The van der Waals surface area contributed by atoms with Crippen LogP contribution in [0.25, 0.3) is 0 Å². The van der Waals surface area contributed by atoms with Crippen LogP contribution in [0.1, 0.15) is 47.4 Å². The number of hydrogen-bond donors (Lipinski definition) is 2. The van der Waals surface area contributed by atoms with Gasteiger partial charge in [-0.3, -0.25) is 4.79 Å². The zero-order valence-corrected chi connectivity index (χ0v) is 14.1. The molecule has 1 fully saturated rings. The van der Waals surface area contributed by atoms with Gasteiger partial charge in [-0.05, 0) is 42.7 Å². The molecule has 1 aliphatic carbocycles. The Balaban J connectivity index is 1.73. The molecule has 0 atom stereocenters. The Kier molecular flexibility index (Phi) is 5.38. The number of urea groups is 1. The lowest BCUT2D eigenvalue weighted by Crippen LogP contribution is -2.38. The summed E-state index contributed by atoms with van der Waals surface area (Å²) in [5, 5.41) is 2.54. The smallest absolute Gasteiger partial charge is 0.312 e. The largest absolute Gasteiger partial charge is 0.467 e. The van der Waals surface area contributed by atoms with Crippen LogP contribution in [-0.4, -0.2) is 22.9 Å². The summed E-state index contributed by atoms with van der Waals surface area (Å²) in [6.07, 6.45) is 6.02. The number of nitrogens with two attached hydrogens (primary N) is 1. The average Bonchev–Trinajstić information content (AvgIpc) is 3.31. The third-order valence-electron chi connectivity index (χ3n) is 4.60. The fourth-order valence-corrected chi connectivity index (χ4v) is 3.27. The molecule has 132 valence electrons. The Labute approximate surface area is 147 Å². The summed E-state index contributed by atoms with van der Waals surface area (Å²) in [6.45, 7) is 0.837. The highest BCUT2D eigenvalue weighted by Crippen LogP contribution is 2.26. The third-order valence-corrected chi connectivity index (χ3v) is 4.60. The molecule has 0 unspecified atom stereocenters. The summed E-state index contributed by atoms with van der Waals surface area (Å²) < 4.78 is 5.44.